The molecule has 0 saturated carbocycles. The van der Waals surface area contributed by atoms with E-state index in [1.165, 1.54) is 4.90 Å². The van der Waals surface area contributed by atoms with Crippen LogP contribution in [-0.2, 0) is 4.79 Å². The molecule has 3 nitrogen and oxygen atoms in total. The van der Waals surface area contributed by atoms with Crippen molar-refractivity contribution in [2.45, 2.75) is 12.6 Å². The molecule has 0 aromatic carbocycles. The lowest BCUT2D eigenvalue weighted by Crippen LogP contribution is -2.46. The lowest BCUT2D eigenvalue weighted by Gasteiger charge is -2.32. The van der Waals surface area contributed by atoms with Crippen molar-refractivity contribution in [3.05, 3.63) is 0 Å². The summed E-state index contributed by atoms with van der Waals surface area (Å²) in [5.74, 6) is 0. The smallest absolute Gasteiger partial charge is 0.314 e. The van der Waals surface area contributed by atoms with Crippen molar-refractivity contribution in [2.24, 2.45) is 0 Å². The van der Waals surface area contributed by atoms with Crippen LogP contribution in [0, 0.1) is 0 Å². The van der Waals surface area contributed by atoms with Crippen LogP contribution >= 0.6 is 0 Å². The molecule has 0 aromatic rings. The van der Waals surface area contributed by atoms with E-state index >= 15 is 0 Å². The Kier molecular flexibility index (Phi) is 0.982. The number of aliphatic hydroxyl groups is 1. The molecule has 1 unspecified atom stereocenters. The van der Waals surface area contributed by atoms with Crippen LogP contribution in [0.5, 0.6) is 0 Å². The Morgan fingerprint density at radius 1 is 1.86 bits per heavy atom. The summed E-state index contributed by atoms with van der Waals surface area (Å²) in [7, 11) is 0. The summed E-state index contributed by atoms with van der Waals surface area (Å²) < 4.78 is 0. The zero-order valence-corrected chi connectivity index (χ0v) is 3.79. The van der Waals surface area contributed by atoms with Crippen LogP contribution in [-0.4, -0.2) is 29.2 Å². The zero-order valence-electron chi connectivity index (χ0n) is 3.79. The van der Waals surface area contributed by atoms with Crippen LogP contribution in [0.1, 0.15) is 6.42 Å². The maximum atomic E-state index is 9.64. The van der Waals surface area contributed by atoms with Gasteiger partial charge in [-0.15, -0.1) is 0 Å². The van der Waals surface area contributed by atoms with Crippen molar-refractivity contribution in [2.75, 3.05) is 6.54 Å². The van der Waals surface area contributed by atoms with Crippen LogP contribution < -0.4 is 0 Å². The number of amides is 1. The van der Waals surface area contributed by atoms with Gasteiger partial charge in [-0.25, -0.2) is 0 Å². The van der Waals surface area contributed by atoms with Gasteiger partial charge in [-0.2, -0.15) is 0 Å². The highest BCUT2D eigenvalue weighted by Crippen LogP contribution is 2.09. The minimum Gasteiger partial charge on any atom is -0.373 e. The highest BCUT2D eigenvalue weighted by Gasteiger charge is 2.23. The molecule has 1 saturated heterocycles. The predicted molar refractivity (Wildman–Crippen MR) is 23.0 cm³/mol. The monoisotopic (exact) mass is 100 g/mol. The number of carbonyl (C=O) groups excluding carboxylic acids is 1. The molecule has 1 fully saturated rings. The fourth-order valence-electron chi connectivity index (χ4n) is 0.480. The SMILES string of the molecule is O=[C]N1CCC1O. The van der Waals surface area contributed by atoms with Gasteiger partial charge in [-0.3, -0.25) is 4.79 Å². The van der Waals surface area contributed by atoms with Crippen LogP contribution in [0.3, 0.4) is 0 Å². The Balaban J connectivity index is 2.28. The second-order valence-electron chi connectivity index (χ2n) is 1.55. The maximum absolute atomic E-state index is 9.64. The van der Waals surface area contributed by atoms with Gasteiger partial charge in [0.15, 0.2) is 0 Å². The number of hydrogen-bond donors (Lipinski definition) is 1. The molecule has 1 N–H and O–H groups in total. The first-order valence-corrected chi connectivity index (χ1v) is 2.17. The molecule has 1 aliphatic rings. The largest absolute Gasteiger partial charge is 0.373 e. The summed E-state index contributed by atoms with van der Waals surface area (Å²) in [5.41, 5.74) is 0. The molecule has 0 aliphatic carbocycles. The summed E-state index contributed by atoms with van der Waals surface area (Å²) in [6, 6.07) is 0. The van der Waals surface area contributed by atoms with Crippen molar-refractivity contribution in [1.82, 2.24) is 4.90 Å². The molecule has 1 rings (SSSR count). The molecule has 1 radical (unpaired) electrons. The molecule has 39 valence electrons. The predicted octanol–water partition coefficient (Wildman–Crippen LogP) is -0.922. The van der Waals surface area contributed by atoms with Crippen molar-refractivity contribution < 1.29 is 9.90 Å². The van der Waals surface area contributed by atoms with Crippen LogP contribution in [0.4, 0.5) is 0 Å². The van der Waals surface area contributed by atoms with Gasteiger partial charge in [0, 0.05) is 13.0 Å². The molecule has 0 spiro atoms. The number of aliphatic hydroxyl groups excluding tert-OH is 1. The first kappa shape index (κ1) is 4.59. The number of rotatable bonds is 1. The highest BCUT2D eigenvalue weighted by atomic mass is 16.3. The molecule has 7 heavy (non-hydrogen) atoms. The molecule has 3 heteroatoms. The zero-order chi connectivity index (χ0) is 5.28. The number of nitrogens with zero attached hydrogens (tertiary/aromatic N) is 1. The summed E-state index contributed by atoms with van der Waals surface area (Å²) in [6.07, 6.45) is 1.74. The molecular formula is C4H6NO2. The average Bonchev–Trinajstić information content (AvgIpc) is 1.65. The fraction of sp³-hybridized carbons (Fsp3) is 0.750. The van der Waals surface area contributed by atoms with Gasteiger partial charge in [0.25, 0.3) is 0 Å². The molecule has 1 amide bonds. The second kappa shape index (κ2) is 1.50. The Hall–Kier alpha value is -0.570. The highest BCUT2D eigenvalue weighted by molar-refractivity contribution is 5.49. The Morgan fingerprint density at radius 3 is 2.57 bits per heavy atom. The van der Waals surface area contributed by atoms with Gasteiger partial charge in [-0.1, -0.05) is 0 Å². The van der Waals surface area contributed by atoms with Crippen LogP contribution in [0.15, 0.2) is 0 Å². The van der Waals surface area contributed by atoms with Crippen LogP contribution in [0.25, 0.3) is 0 Å². The lowest BCUT2D eigenvalue weighted by molar-refractivity contribution is -0.0247. The first-order valence-electron chi connectivity index (χ1n) is 2.17. The van der Waals surface area contributed by atoms with E-state index < -0.39 is 6.23 Å². The molecular weight excluding hydrogens is 94.0 g/mol. The molecule has 1 heterocycles. The van der Waals surface area contributed by atoms with Gasteiger partial charge < -0.3 is 10.0 Å². The first-order chi connectivity index (χ1) is 3.34. The summed E-state index contributed by atoms with van der Waals surface area (Å²) in [6.45, 7) is 0.657. The van der Waals surface area contributed by atoms with E-state index in [1.54, 1.807) is 6.41 Å². The topological polar surface area (TPSA) is 40.5 Å². The molecule has 0 aromatic heterocycles. The van der Waals surface area contributed by atoms with Crippen molar-refractivity contribution >= 4 is 6.41 Å². The van der Waals surface area contributed by atoms with Crippen LogP contribution in [0.2, 0.25) is 0 Å². The van der Waals surface area contributed by atoms with Gasteiger partial charge in [0.2, 0.25) is 0 Å². The number of likely N-dealkylation sites (tertiary alicyclic amines) is 1. The third-order valence-corrected chi connectivity index (χ3v) is 1.11. The standard InChI is InChI=1S/C4H6NO2/c6-3-5-2-1-4(5)7/h4,7H,1-2H2. The summed E-state index contributed by atoms with van der Waals surface area (Å²) in [4.78, 5) is 10.9. The molecule has 1 atom stereocenters. The third-order valence-electron chi connectivity index (χ3n) is 1.11. The Bertz CT molecular complexity index is 83.8. The Labute approximate surface area is 41.5 Å². The number of hydrogen-bond acceptors (Lipinski definition) is 2. The van der Waals surface area contributed by atoms with E-state index in [9.17, 15) is 4.79 Å². The third kappa shape index (κ3) is 0.587. The van der Waals surface area contributed by atoms with Gasteiger partial charge in [0.05, 0.1) is 0 Å². The summed E-state index contributed by atoms with van der Waals surface area (Å²) in [5, 5.41) is 8.57. The molecule has 1 aliphatic heterocycles. The minimum atomic E-state index is -0.544. The molecule has 0 bridgehead atoms. The maximum Gasteiger partial charge on any atom is 0.314 e. The lowest BCUT2D eigenvalue weighted by atomic mass is 10.2. The van der Waals surface area contributed by atoms with E-state index in [4.69, 9.17) is 5.11 Å². The van der Waals surface area contributed by atoms with Crippen molar-refractivity contribution in [3.63, 3.8) is 0 Å². The Morgan fingerprint density at radius 2 is 2.57 bits per heavy atom. The fourth-order valence-corrected chi connectivity index (χ4v) is 0.480. The van der Waals surface area contributed by atoms with Crippen molar-refractivity contribution in [1.29, 1.82) is 0 Å². The normalized spacial score (nSPS) is 29.3. The quantitative estimate of drug-likeness (QED) is 0.463. The van der Waals surface area contributed by atoms with E-state index in [0.29, 0.717) is 13.0 Å². The minimum absolute atomic E-state index is 0.544. The van der Waals surface area contributed by atoms with E-state index in [0.717, 1.165) is 0 Å². The second-order valence-corrected chi connectivity index (χ2v) is 1.55. The van der Waals surface area contributed by atoms with Gasteiger partial charge in [0.1, 0.15) is 6.23 Å². The van der Waals surface area contributed by atoms with E-state index in [1.807, 2.05) is 0 Å². The van der Waals surface area contributed by atoms with Gasteiger partial charge in [-0.05, 0) is 0 Å². The average molecular weight is 100 g/mol. The van der Waals surface area contributed by atoms with E-state index in [-0.39, 0.29) is 0 Å². The van der Waals surface area contributed by atoms with E-state index in [2.05, 4.69) is 0 Å². The summed E-state index contributed by atoms with van der Waals surface area (Å²) >= 11 is 0. The van der Waals surface area contributed by atoms with Crippen molar-refractivity contribution in [3.8, 4) is 0 Å². The van der Waals surface area contributed by atoms with Gasteiger partial charge >= 0.3 is 6.41 Å².